The number of benzene rings is 2. The van der Waals surface area contributed by atoms with Crippen molar-refractivity contribution in [2.24, 2.45) is 0 Å². The van der Waals surface area contributed by atoms with Crippen molar-refractivity contribution in [3.05, 3.63) is 88.1 Å². The Morgan fingerprint density at radius 2 is 1.71 bits per heavy atom. The number of carbonyl (C=O) groups is 2. The molecule has 1 aliphatic rings. The molecule has 31 heavy (non-hydrogen) atoms. The predicted octanol–water partition coefficient (Wildman–Crippen LogP) is 4.42. The predicted molar refractivity (Wildman–Crippen MR) is 126 cm³/mol. The van der Waals surface area contributed by atoms with E-state index in [1.165, 1.54) is 11.3 Å². The Balaban J connectivity index is 1.39. The Hall–Kier alpha value is -3.12. The summed E-state index contributed by atoms with van der Waals surface area (Å²) in [6.45, 7) is 2.19. The summed E-state index contributed by atoms with van der Waals surface area (Å²) in [5.41, 5.74) is 2.80. The van der Waals surface area contributed by atoms with Gasteiger partial charge < -0.3 is 15.1 Å². The molecular weight excluding hydrogens is 406 g/mol. The number of rotatable bonds is 6. The van der Waals surface area contributed by atoms with E-state index in [1.807, 2.05) is 79.2 Å². The summed E-state index contributed by atoms with van der Waals surface area (Å²) in [6.07, 6.45) is 1.72. The monoisotopic (exact) mass is 433 g/mol. The van der Waals surface area contributed by atoms with Gasteiger partial charge >= 0.3 is 0 Å². The van der Waals surface area contributed by atoms with Gasteiger partial charge in [-0.05, 0) is 42.0 Å². The molecule has 1 N–H and O–H groups in total. The van der Waals surface area contributed by atoms with Crippen LogP contribution in [0.15, 0.2) is 72.1 Å². The van der Waals surface area contributed by atoms with Crippen LogP contribution in [0.1, 0.15) is 38.4 Å². The number of thiophene rings is 1. The zero-order valence-corrected chi connectivity index (χ0v) is 18.5. The SMILES string of the molecule is CN(Cc1ccccc1)C(=O)c1ccccc1N1CCC(NC(=O)c2cccs2)CC1. The number of anilines is 1. The van der Waals surface area contributed by atoms with Crippen molar-refractivity contribution in [1.82, 2.24) is 10.2 Å². The van der Waals surface area contributed by atoms with Gasteiger partial charge in [0.1, 0.15) is 0 Å². The van der Waals surface area contributed by atoms with Crippen LogP contribution in [0.25, 0.3) is 0 Å². The number of nitrogens with one attached hydrogen (secondary N) is 1. The molecule has 0 aliphatic carbocycles. The first-order valence-corrected chi connectivity index (χ1v) is 11.5. The van der Waals surface area contributed by atoms with E-state index in [1.54, 1.807) is 4.90 Å². The lowest BCUT2D eigenvalue weighted by molar-refractivity contribution is 0.0785. The first-order chi connectivity index (χ1) is 15.1. The summed E-state index contributed by atoms with van der Waals surface area (Å²) in [5.74, 6) is 0.0270. The Kier molecular flexibility index (Phi) is 6.67. The highest BCUT2D eigenvalue weighted by atomic mass is 32.1. The van der Waals surface area contributed by atoms with Crippen molar-refractivity contribution in [2.75, 3.05) is 25.0 Å². The van der Waals surface area contributed by atoms with Crippen LogP contribution in [0, 0.1) is 0 Å². The first kappa shape index (κ1) is 21.1. The van der Waals surface area contributed by atoms with E-state index >= 15 is 0 Å². The largest absolute Gasteiger partial charge is 0.371 e. The second kappa shape index (κ2) is 9.79. The van der Waals surface area contributed by atoms with Crippen LogP contribution in [0.5, 0.6) is 0 Å². The van der Waals surface area contributed by atoms with E-state index in [4.69, 9.17) is 0 Å². The topological polar surface area (TPSA) is 52.7 Å². The Morgan fingerprint density at radius 3 is 2.42 bits per heavy atom. The van der Waals surface area contributed by atoms with Crippen LogP contribution >= 0.6 is 11.3 Å². The van der Waals surface area contributed by atoms with Crippen LogP contribution in [-0.2, 0) is 6.54 Å². The number of amides is 2. The molecule has 1 saturated heterocycles. The summed E-state index contributed by atoms with van der Waals surface area (Å²) >= 11 is 1.46. The Bertz CT molecular complexity index is 1010. The zero-order chi connectivity index (χ0) is 21.6. The molecular formula is C25H27N3O2S. The Labute approximate surface area is 187 Å². The van der Waals surface area contributed by atoms with E-state index in [0.717, 1.165) is 47.6 Å². The van der Waals surface area contributed by atoms with Gasteiger partial charge in [0.15, 0.2) is 0 Å². The maximum Gasteiger partial charge on any atom is 0.261 e. The highest BCUT2D eigenvalue weighted by Gasteiger charge is 2.25. The van der Waals surface area contributed by atoms with Crippen molar-refractivity contribution in [1.29, 1.82) is 0 Å². The molecule has 3 aromatic rings. The second-order valence-corrected chi connectivity index (χ2v) is 8.82. The number of hydrogen-bond acceptors (Lipinski definition) is 4. The van der Waals surface area contributed by atoms with Gasteiger partial charge in [-0.3, -0.25) is 9.59 Å². The molecule has 5 nitrogen and oxygen atoms in total. The van der Waals surface area contributed by atoms with Crippen molar-refractivity contribution in [3.8, 4) is 0 Å². The van der Waals surface area contributed by atoms with Gasteiger partial charge in [-0.1, -0.05) is 48.5 Å². The van der Waals surface area contributed by atoms with Gasteiger partial charge in [0.05, 0.1) is 10.4 Å². The van der Waals surface area contributed by atoms with E-state index in [-0.39, 0.29) is 17.9 Å². The van der Waals surface area contributed by atoms with E-state index in [0.29, 0.717) is 6.54 Å². The van der Waals surface area contributed by atoms with Crippen molar-refractivity contribution in [2.45, 2.75) is 25.4 Å². The highest BCUT2D eigenvalue weighted by molar-refractivity contribution is 7.12. The van der Waals surface area contributed by atoms with Gasteiger partial charge in [-0.2, -0.15) is 0 Å². The summed E-state index contributed by atoms with van der Waals surface area (Å²) < 4.78 is 0. The van der Waals surface area contributed by atoms with Crippen molar-refractivity contribution >= 4 is 28.8 Å². The van der Waals surface area contributed by atoms with Gasteiger partial charge in [0, 0.05) is 38.4 Å². The minimum atomic E-state index is 0.00608. The number of para-hydroxylation sites is 1. The maximum atomic E-state index is 13.2. The lowest BCUT2D eigenvalue weighted by Crippen LogP contribution is -2.45. The van der Waals surface area contributed by atoms with Gasteiger partial charge in [-0.15, -0.1) is 11.3 Å². The fourth-order valence-electron chi connectivity index (χ4n) is 3.99. The first-order valence-electron chi connectivity index (χ1n) is 10.6. The quantitative estimate of drug-likeness (QED) is 0.626. The number of nitrogens with zero attached hydrogens (tertiary/aromatic N) is 2. The van der Waals surface area contributed by atoms with Gasteiger partial charge in [0.25, 0.3) is 11.8 Å². The molecule has 160 valence electrons. The molecule has 0 radical (unpaired) electrons. The van der Waals surface area contributed by atoms with Gasteiger partial charge in [0.2, 0.25) is 0 Å². The van der Waals surface area contributed by atoms with Crippen molar-refractivity contribution < 1.29 is 9.59 Å². The van der Waals surface area contributed by atoms with Crippen molar-refractivity contribution in [3.63, 3.8) is 0 Å². The van der Waals surface area contributed by atoms with Crippen LogP contribution < -0.4 is 10.2 Å². The Morgan fingerprint density at radius 1 is 1.00 bits per heavy atom. The third-order valence-corrected chi connectivity index (χ3v) is 6.53. The second-order valence-electron chi connectivity index (χ2n) is 7.88. The zero-order valence-electron chi connectivity index (χ0n) is 17.7. The molecule has 2 aromatic carbocycles. The maximum absolute atomic E-state index is 13.2. The number of carbonyl (C=O) groups excluding carboxylic acids is 2. The summed E-state index contributed by atoms with van der Waals surface area (Å²) in [6, 6.07) is 21.8. The molecule has 1 fully saturated rings. The summed E-state index contributed by atoms with van der Waals surface area (Å²) in [5, 5.41) is 5.06. The molecule has 1 aromatic heterocycles. The third-order valence-electron chi connectivity index (χ3n) is 5.66. The number of hydrogen-bond donors (Lipinski definition) is 1. The average Bonchev–Trinajstić information content (AvgIpc) is 3.35. The van der Waals surface area contributed by atoms with Crippen LogP contribution in [0.3, 0.4) is 0 Å². The fourth-order valence-corrected chi connectivity index (χ4v) is 4.62. The molecule has 6 heteroatoms. The summed E-state index contributed by atoms with van der Waals surface area (Å²) in [7, 11) is 1.85. The molecule has 4 rings (SSSR count). The lowest BCUT2D eigenvalue weighted by atomic mass is 10.0. The minimum Gasteiger partial charge on any atom is -0.371 e. The smallest absolute Gasteiger partial charge is 0.261 e. The molecule has 2 heterocycles. The average molecular weight is 434 g/mol. The molecule has 1 aliphatic heterocycles. The summed E-state index contributed by atoms with van der Waals surface area (Å²) in [4.78, 5) is 30.3. The molecule has 0 atom stereocenters. The van der Waals surface area contributed by atoms with Crippen LogP contribution in [0.2, 0.25) is 0 Å². The molecule has 0 bridgehead atoms. The normalized spacial score (nSPS) is 14.3. The highest BCUT2D eigenvalue weighted by Crippen LogP contribution is 2.26. The lowest BCUT2D eigenvalue weighted by Gasteiger charge is -2.35. The number of piperidine rings is 1. The molecule has 0 spiro atoms. The molecule has 2 amide bonds. The molecule has 0 unspecified atom stereocenters. The van der Waals surface area contributed by atoms with Crippen LogP contribution in [-0.4, -0.2) is 42.9 Å². The van der Waals surface area contributed by atoms with E-state index < -0.39 is 0 Å². The van der Waals surface area contributed by atoms with E-state index in [9.17, 15) is 9.59 Å². The third kappa shape index (κ3) is 5.14. The minimum absolute atomic E-state index is 0.00608. The van der Waals surface area contributed by atoms with Gasteiger partial charge in [-0.25, -0.2) is 0 Å². The standard InChI is InChI=1S/C25H27N3O2S/c1-27(18-19-8-3-2-4-9-19)25(30)21-10-5-6-11-22(21)28-15-13-20(14-16-28)26-24(29)23-12-7-17-31-23/h2-12,17,20H,13-16,18H2,1H3,(H,26,29). The van der Waals surface area contributed by atoms with E-state index in [2.05, 4.69) is 10.2 Å². The fraction of sp³-hybridized carbons (Fsp3) is 0.280. The molecule has 0 saturated carbocycles. The van der Waals surface area contributed by atoms with Crippen LogP contribution in [0.4, 0.5) is 5.69 Å².